The van der Waals surface area contributed by atoms with Gasteiger partial charge in [-0.1, -0.05) is 0 Å². The molecule has 4 nitrogen and oxygen atoms in total. The highest BCUT2D eigenvalue weighted by Gasteiger charge is 2.05. The first-order valence-electron chi connectivity index (χ1n) is 4.52. The average molecular weight is 189 g/mol. The standard InChI is InChI=1S/C10H11N3O/c1-2-11-10(14)7-3-4-8-9(5-7)13-6-12-8/h3-6H,2H2,1H3,(H,11,14)(H,12,13). The summed E-state index contributed by atoms with van der Waals surface area (Å²) in [4.78, 5) is 18.5. The number of amides is 1. The largest absolute Gasteiger partial charge is 0.352 e. The van der Waals surface area contributed by atoms with E-state index in [0.29, 0.717) is 12.1 Å². The van der Waals surface area contributed by atoms with Gasteiger partial charge in [-0.3, -0.25) is 4.79 Å². The molecule has 0 unspecified atom stereocenters. The number of rotatable bonds is 2. The molecule has 0 aliphatic rings. The van der Waals surface area contributed by atoms with E-state index in [4.69, 9.17) is 0 Å². The van der Waals surface area contributed by atoms with Gasteiger partial charge < -0.3 is 10.3 Å². The molecule has 1 heterocycles. The maximum atomic E-state index is 11.5. The summed E-state index contributed by atoms with van der Waals surface area (Å²) in [5, 5.41) is 2.74. The van der Waals surface area contributed by atoms with Crippen LogP contribution in [0.2, 0.25) is 0 Å². The molecular formula is C10H11N3O. The molecule has 4 heteroatoms. The van der Waals surface area contributed by atoms with E-state index in [-0.39, 0.29) is 5.91 Å². The smallest absolute Gasteiger partial charge is 0.251 e. The lowest BCUT2D eigenvalue weighted by Gasteiger charge is -2.00. The van der Waals surface area contributed by atoms with Gasteiger partial charge in [-0.15, -0.1) is 0 Å². The van der Waals surface area contributed by atoms with Gasteiger partial charge in [0.2, 0.25) is 0 Å². The van der Waals surface area contributed by atoms with Gasteiger partial charge in [-0.2, -0.15) is 0 Å². The molecule has 1 aromatic carbocycles. The van der Waals surface area contributed by atoms with Crippen LogP contribution < -0.4 is 5.32 Å². The molecule has 1 amide bonds. The van der Waals surface area contributed by atoms with Gasteiger partial charge in [0.25, 0.3) is 5.91 Å². The Bertz CT molecular complexity index is 461. The summed E-state index contributed by atoms with van der Waals surface area (Å²) in [6.45, 7) is 2.53. The Hall–Kier alpha value is -1.84. The predicted octanol–water partition coefficient (Wildman–Crippen LogP) is 1.31. The highest BCUT2D eigenvalue weighted by Crippen LogP contribution is 2.11. The van der Waals surface area contributed by atoms with Crippen LogP contribution >= 0.6 is 0 Å². The zero-order valence-corrected chi connectivity index (χ0v) is 7.87. The van der Waals surface area contributed by atoms with Crippen molar-refractivity contribution in [3.8, 4) is 0 Å². The molecule has 14 heavy (non-hydrogen) atoms. The molecule has 72 valence electrons. The topological polar surface area (TPSA) is 57.8 Å². The number of aromatic amines is 1. The summed E-state index contributed by atoms with van der Waals surface area (Å²) >= 11 is 0. The Morgan fingerprint density at radius 3 is 3.21 bits per heavy atom. The van der Waals surface area contributed by atoms with Gasteiger partial charge in [0.15, 0.2) is 0 Å². The van der Waals surface area contributed by atoms with E-state index in [0.717, 1.165) is 11.0 Å². The van der Waals surface area contributed by atoms with Crippen LogP contribution in [0.1, 0.15) is 17.3 Å². The number of carbonyl (C=O) groups excluding carboxylic acids is 1. The van der Waals surface area contributed by atoms with Gasteiger partial charge in [0, 0.05) is 12.1 Å². The fourth-order valence-electron chi connectivity index (χ4n) is 1.34. The normalized spacial score (nSPS) is 10.4. The van der Waals surface area contributed by atoms with Crippen LogP contribution in [0.4, 0.5) is 0 Å². The Morgan fingerprint density at radius 2 is 2.43 bits per heavy atom. The van der Waals surface area contributed by atoms with Crippen molar-refractivity contribution in [2.24, 2.45) is 0 Å². The number of nitrogens with zero attached hydrogens (tertiary/aromatic N) is 1. The van der Waals surface area contributed by atoms with Crippen LogP contribution in [0, 0.1) is 0 Å². The van der Waals surface area contributed by atoms with Gasteiger partial charge in [0.1, 0.15) is 0 Å². The third-order valence-corrected chi connectivity index (χ3v) is 2.02. The molecule has 2 N–H and O–H groups in total. The third kappa shape index (κ3) is 1.46. The van der Waals surface area contributed by atoms with Crippen LogP contribution in [-0.2, 0) is 0 Å². The fourth-order valence-corrected chi connectivity index (χ4v) is 1.34. The van der Waals surface area contributed by atoms with Crippen LogP contribution in [0.5, 0.6) is 0 Å². The van der Waals surface area contributed by atoms with E-state index in [1.807, 2.05) is 13.0 Å². The summed E-state index contributed by atoms with van der Waals surface area (Å²) in [5.74, 6) is -0.0580. The Balaban J connectivity index is 2.38. The number of carbonyl (C=O) groups is 1. The lowest BCUT2D eigenvalue weighted by Crippen LogP contribution is -2.22. The maximum Gasteiger partial charge on any atom is 0.251 e. The van der Waals surface area contributed by atoms with Crippen molar-refractivity contribution >= 4 is 16.9 Å². The van der Waals surface area contributed by atoms with Crippen LogP contribution in [-0.4, -0.2) is 22.4 Å². The van der Waals surface area contributed by atoms with Gasteiger partial charge in [-0.05, 0) is 25.1 Å². The van der Waals surface area contributed by atoms with Crippen molar-refractivity contribution in [3.05, 3.63) is 30.1 Å². The van der Waals surface area contributed by atoms with Gasteiger partial charge in [0.05, 0.1) is 17.4 Å². The second-order valence-corrected chi connectivity index (χ2v) is 2.99. The molecule has 2 rings (SSSR count). The molecule has 2 aromatic rings. The summed E-state index contributed by atoms with van der Waals surface area (Å²) in [6.07, 6.45) is 1.62. The van der Waals surface area contributed by atoms with E-state index >= 15 is 0 Å². The number of nitrogens with one attached hydrogen (secondary N) is 2. The molecule has 0 bridgehead atoms. The lowest BCUT2D eigenvalue weighted by molar-refractivity contribution is 0.0956. The van der Waals surface area contributed by atoms with Crippen LogP contribution in [0.25, 0.3) is 11.0 Å². The zero-order valence-electron chi connectivity index (χ0n) is 7.87. The van der Waals surface area contributed by atoms with E-state index < -0.39 is 0 Å². The van der Waals surface area contributed by atoms with Crippen molar-refractivity contribution in [3.63, 3.8) is 0 Å². The first kappa shape index (κ1) is 8.74. The van der Waals surface area contributed by atoms with Crippen LogP contribution in [0.15, 0.2) is 24.5 Å². The second-order valence-electron chi connectivity index (χ2n) is 2.99. The number of H-pyrrole nitrogens is 1. The minimum Gasteiger partial charge on any atom is -0.352 e. The number of benzene rings is 1. The minimum atomic E-state index is -0.0580. The van der Waals surface area contributed by atoms with E-state index in [1.165, 1.54) is 0 Å². The Morgan fingerprint density at radius 1 is 1.57 bits per heavy atom. The Kier molecular flexibility index (Phi) is 2.18. The first-order valence-corrected chi connectivity index (χ1v) is 4.52. The monoisotopic (exact) mass is 189 g/mol. The molecular weight excluding hydrogens is 178 g/mol. The predicted molar refractivity (Wildman–Crippen MR) is 54.1 cm³/mol. The van der Waals surface area contributed by atoms with E-state index in [9.17, 15) is 4.79 Å². The molecule has 0 fully saturated rings. The van der Waals surface area contributed by atoms with Crippen molar-refractivity contribution in [1.29, 1.82) is 0 Å². The molecule has 0 atom stereocenters. The molecule has 0 aliphatic carbocycles. The Labute approximate surface area is 81.3 Å². The average Bonchev–Trinajstić information content (AvgIpc) is 2.64. The molecule has 0 spiro atoms. The van der Waals surface area contributed by atoms with Gasteiger partial charge >= 0.3 is 0 Å². The summed E-state index contributed by atoms with van der Waals surface area (Å²) < 4.78 is 0. The highest BCUT2D eigenvalue weighted by molar-refractivity contribution is 5.97. The number of imidazole rings is 1. The maximum absolute atomic E-state index is 11.5. The quantitative estimate of drug-likeness (QED) is 0.748. The number of hydrogen-bond acceptors (Lipinski definition) is 2. The molecule has 0 saturated heterocycles. The summed E-state index contributed by atoms with van der Waals surface area (Å²) in [5.41, 5.74) is 2.40. The van der Waals surface area contributed by atoms with E-state index in [2.05, 4.69) is 15.3 Å². The number of aromatic nitrogens is 2. The SMILES string of the molecule is CCNC(=O)c1ccc2[nH]cnc2c1. The van der Waals surface area contributed by atoms with Gasteiger partial charge in [-0.25, -0.2) is 4.98 Å². The molecule has 0 aliphatic heterocycles. The van der Waals surface area contributed by atoms with Crippen molar-refractivity contribution < 1.29 is 4.79 Å². The lowest BCUT2D eigenvalue weighted by atomic mass is 10.2. The van der Waals surface area contributed by atoms with Crippen molar-refractivity contribution in [2.45, 2.75) is 6.92 Å². The molecule has 1 aromatic heterocycles. The zero-order chi connectivity index (χ0) is 9.97. The van der Waals surface area contributed by atoms with Crippen molar-refractivity contribution in [2.75, 3.05) is 6.54 Å². The summed E-state index contributed by atoms with van der Waals surface area (Å²) in [7, 11) is 0. The molecule has 0 saturated carbocycles. The highest BCUT2D eigenvalue weighted by atomic mass is 16.1. The minimum absolute atomic E-state index is 0.0580. The second kappa shape index (κ2) is 3.49. The fraction of sp³-hybridized carbons (Fsp3) is 0.200. The van der Waals surface area contributed by atoms with Crippen molar-refractivity contribution in [1.82, 2.24) is 15.3 Å². The summed E-state index contributed by atoms with van der Waals surface area (Å²) in [6, 6.07) is 5.41. The van der Waals surface area contributed by atoms with Crippen LogP contribution in [0.3, 0.4) is 0 Å². The third-order valence-electron chi connectivity index (χ3n) is 2.02. The number of hydrogen-bond donors (Lipinski definition) is 2. The number of fused-ring (bicyclic) bond motifs is 1. The van der Waals surface area contributed by atoms with E-state index in [1.54, 1.807) is 18.5 Å². The molecule has 0 radical (unpaired) electrons. The first-order chi connectivity index (χ1) is 6.81.